The lowest BCUT2D eigenvalue weighted by Crippen LogP contribution is -2.14. The van der Waals surface area contributed by atoms with E-state index in [0.717, 1.165) is 10.6 Å². The third-order valence-electron chi connectivity index (χ3n) is 3.61. The quantitative estimate of drug-likeness (QED) is 0.509. The third kappa shape index (κ3) is 4.01. The summed E-state index contributed by atoms with van der Waals surface area (Å²) in [5.41, 5.74) is 1.59. The number of benzene rings is 2. The number of hydrogen-bond acceptors (Lipinski definition) is 7. The SMILES string of the molecule is CNc1ccc([N+](=O)[O-])cc1C(=O)Nc1nnc(Cc2ccccc2)s1. The maximum Gasteiger partial charge on any atom is 0.270 e. The number of nitro groups is 1. The second-order valence-corrected chi connectivity index (χ2v) is 6.42. The zero-order chi connectivity index (χ0) is 18.5. The van der Waals surface area contributed by atoms with E-state index in [-0.39, 0.29) is 11.3 Å². The Balaban J connectivity index is 1.76. The number of nitrogens with one attached hydrogen (secondary N) is 2. The van der Waals surface area contributed by atoms with E-state index in [1.165, 1.54) is 29.5 Å². The Hall–Kier alpha value is -3.33. The van der Waals surface area contributed by atoms with Gasteiger partial charge in [-0.25, -0.2) is 0 Å². The standard InChI is InChI=1S/C17H15N5O3S/c1-18-14-8-7-12(22(24)25)10-13(14)16(23)19-17-21-20-15(26-17)9-11-5-3-2-4-6-11/h2-8,10,18H,9H2,1H3,(H,19,21,23). The summed E-state index contributed by atoms with van der Waals surface area (Å²) in [5, 5.41) is 25.6. The fourth-order valence-electron chi connectivity index (χ4n) is 2.36. The predicted octanol–water partition coefficient (Wildman–Crippen LogP) is 3.33. The van der Waals surface area contributed by atoms with Crippen LogP contribution in [0.15, 0.2) is 48.5 Å². The van der Waals surface area contributed by atoms with Gasteiger partial charge in [0.2, 0.25) is 5.13 Å². The Morgan fingerprint density at radius 2 is 1.96 bits per heavy atom. The lowest BCUT2D eigenvalue weighted by Gasteiger charge is -2.07. The number of non-ortho nitro benzene ring substituents is 1. The highest BCUT2D eigenvalue weighted by Crippen LogP contribution is 2.24. The van der Waals surface area contributed by atoms with Crippen molar-refractivity contribution in [2.75, 3.05) is 17.7 Å². The van der Waals surface area contributed by atoms with Crippen LogP contribution >= 0.6 is 11.3 Å². The van der Waals surface area contributed by atoms with Crippen LogP contribution < -0.4 is 10.6 Å². The highest BCUT2D eigenvalue weighted by molar-refractivity contribution is 7.15. The smallest absolute Gasteiger partial charge is 0.270 e. The average molecular weight is 369 g/mol. The zero-order valence-electron chi connectivity index (χ0n) is 13.8. The van der Waals surface area contributed by atoms with Gasteiger partial charge in [-0.2, -0.15) is 0 Å². The molecular weight excluding hydrogens is 354 g/mol. The van der Waals surface area contributed by atoms with Gasteiger partial charge in [-0.15, -0.1) is 10.2 Å². The normalized spacial score (nSPS) is 10.3. The summed E-state index contributed by atoms with van der Waals surface area (Å²) in [7, 11) is 1.64. The molecule has 0 spiro atoms. The Bertz CT molecular complexity index is 943. The second kappa shape index (κ2) is 7.70. The molecule has 1 amide bonds. The minimum absolute atomic E-state index is 0.156. The molecule has 132 valence electrons. The summed E-state index contributed by atoms with van der Waals surface area (Å²) in [6.07, 6.45) is 0.618. The van der Waals surface area contributed by atoms with Gasteiger partial charge in [0.1, 0.15) is 5.01 Å². The molecule has 2 aromatic carbocycles. The van der Waals surface area contributed by atoms with Crippen molar-refractivity contribution in [2.45, 2.75) is 6.42 Å². The van der Waals surface area contributed by atoms with Gasteiger partial charge in [-0.1, -0.05) is 41.7 Å². The molecule has 0 saturated heterocycles. The van der Waals surface area contributed by atoms with Gasteiger partial charge in [0.25, 0.3) is 11.6 Å². The van der Waals surface area contributed by atoms with E-state index in [1.54, 1.807) is 7.05 Å². The monoisotopic (exact) mass is 369 g/mol. The summed E-state index contributed by atoms with van der Waals surface area (Å²) >= 11 is 1.27. The van der Waals surface area contributed by atoms with Crippen molar-refractivity contribution >= 4 is 33.8 Å². The van der Waals surface area contributed by atoms with Crippen molar-refractivity contribution in [3.63, 3.8) is 0 Å². The molecule has 0 unspecified atom stereocenters. The molecule has 2 N–H and O–H groups in total. The number of hydrogen-bond donors (Lipinski definition) is 2. The van der Waals surface area contributed by atoms with Crippen LogP contribution in [0.3, 0.4) is 0 Å². The van der Waals surface area contributed by atoms with E-state index in [9.17, 15) is 14.9 Å². The number of rotatable bonds is 6. The van der Waals surface area contributed by atoms with Gasteiger partial charge in [-0.05, 0) is 11.6 Å². The minimum atomic E-state index is -0.543. The Labute approximate surface area is 153 Å². The summed E-state index contributed by atoms with van der Waals surface area (Å²) in [6, 6.07) is 13.9. The molecule has 0 atom stereocenters. The van der Waals surface area contributed by atoms with Gasteiger partial charge < -0.3 is 5.32 Å². The van der Waals surface area contributed by atoms with Crippen LogP contribution in [0.25, 0.3) is 0 Å². The third-order valence-corrected chi connectivity index (χ3v) is 4.45. The van der Waals surface area contributed by atoms with Crippen molar-refractivity contribution in [2.24, 2.45) is 0 Å². The molecule has 8 nitrogen and oxygen atoms in total. The first-order valence-corrected chi connectivity index (χ1v) is 8.52. The van der Waals surface area contributed by atoms with Crippen LogP contribution in [0.5, 0.6) is 0 Å². The molecule has 0 radical (unpaired) electrons. The van der Waals surface area contributed by atoms with E-state index in [0.29, 0.717) is 17.2 Å². The maximum atomic E-state index is 12.5. The Morgan fingerprint density at radius 3 is 2.65 bits per heavy atom. The molecule has 0 aliphatic rings. The van der Waals surface area contributed by atoms with Gasteiger partial charge in [0.15, 0.2) is 0 Å². The molecule has 26 heavy (non-hydrogen) atoms. The molecule has 0 aliphatic carbocycles. The molecule has 1 aromatic heterocycles. The van der Waals surface area contributed by atoms with Crippen LogP contribution in [0, 0.1) is 10.1 Å². The number of carbonyl (C=O) groups excluding carboxylic acids is 1. The lowest BCUT2D eigenvalue weighted by atomic mass is 10.1. The fraction of sp³-hybridized carbons (Fsp3) is 0.118. The van der Waals surface area contributed by atoms with Gasteiger partial charge in [0, 0.05) is 31.3 Å². The van der Waals surface area contributed by atoms with E-state index >= 15 is 0 Å². The molecule has 3 aromatic rings. The summed E-state index contributed by atoms with van der Waals surface area (Å²) in [5.74, 6) is -0.486. The van der Waals surface area contributed by atoms with E-state index in [4.69, 9.17) is 0 Å². The van der Waals surface area contributed by atoms with Crippen molar-refractivity contribution in [3.8, 4) is 0 Å². The number of aromatic nitrogens is 2. The summed E-state index contributed by atoms with van der Waals surface area (Å²) < 4.78 is 0. The van der Waals surface area contributed by atoms with Crippen molar-refractivity contribution in [1.29, 1.82) is 0 Å². The number of nitro benzene ring substituents is 1. The van der Waals surface area contributed by atoms with E-state index < -0.39 is 10.8 Å². The fourth-order valence-corrected chi connectivity index (χ4v) is 3.13. The van der Waals surface area contributed by atoms with Crippen LogP contribution in [-0.2, 0) is 6.42 Å². The number of nitrogens with zero attached hydrogens (tertiary/aromatic N) is 3. The lowest BCUT2D eigenvalue weighted by molar-refractivity contribution is -0.384. The minimum Gasteiger partial charge on any atom is -0.387 e. The molecule has 0 bridgehead atoms. The second-order valence-electron chi connectivity index (χ2n) is 5.35. The zero-order valence-corrected chi connectivity index (χ0v) is 14.6. The maximum absolute atomic E-state index is 12.5. The molecule has 1 heterocycles. The molecule has 0 saturated carbocycles. The number of anilines is 2. The van der Waals surface area contributed by atoms with Gasteiger partial charge >= 0.3 is 0 Å². The molecule has 9 heteroatoms. The first-order valence-electron chi connectivity index (χ1n) is 7.70. The number of amides is 1. The molecule has 3 rings (SSSR count). The van der Waals surface area contributed by atoms with Gasteiger partial charge in [0.05, 0.1) is 10.5 Å². The molecular formula is C17H15N5O3S. The van der Waals surface area contributed by atoms with Crippen molar-refractivity contribution < 1.29 is 9.72 Å². The first-order chi connectivity index (χ1) is 12.6. The van der Waals surface area contributed by atoms with E-state index in [2.05, 4.69) is 20.8 Å². The highest BCUT2D eigenvalue weighted by Gasteiger charge is 2.18. The van der Waals surface area contributed by atoms with E-state index in [1.807, 2.05) is 30.3 Å². The number of carbonyl (C=O) groups is 1. The molecule has 0 aliphatic heterocycles. The molecule has 0 fully saturated rings. The predicted molar refractivity (Wildman–Crippen MR) is 99.8 cm³/mol. The van der Waals surface area contributed by atoms with Crippen LogP contribution in [0.2, 0.25) is 0 Å². The highest BCUT2D eigenvalue weighted by atomic mass is 32.1. The van der Waals surface area contributed by atoms with Gasteiger partial charge in [-0.3, -0.25) is 20.2 Å². The van der Waals surface area contributed by atoms with Crippen LogP contribution in [0.4, 0.5) is 16.5 Å². The summed E-state index contributed by atoms with van der Waals surface area (Å²) in [4.78, 5) is 22.9. The van der Waals surface area contributed by atoms with Crippen molar-refractivity contribution in [1.82, 2.24) is 10.2 Å². The summed E-state index contributed by atoms with van der Waals surface area (Å²) in [6.45, 7) is 0. The topological polar surface area (TPSA) is 110 Å². The van der Waals surface area contributed by atoms with Crippen molar-refractivity contribution in [3.05, 3.63) is 74.8 Å². The largest absolute Gasteiger partial charge is 0.387 e. The Morgan fingerprint density at radius 1 is 1.19 bits per heavy atom. The van der Waals surface area contributed by atoms with Crippen LogP contribution in [0.1, 0.15) is 20.9 Å². The average Bonchev–Trinajstić information content (AvgIpc) is 3.08. The first kappa shape index (κ1) is 17.5. The van der Waals surface area contributed by atoms with Crippen LogP contribution in [-0.4, -0.2) is 28.1 Å². The Kier molecular flexibility index (Phi) is 5.18.